The van der Waals surface area contributed by atoms with Crippen LogP contribution in [0.3, 0.4) is 0 Å². The molecule has 0 saturated heterocycles. The van der Waals surface area contributed by atoms with E-state index < -0.39 is 24.1 Å². The molecule has 0 bridgehead atoms. The van der Waals surface area contributed by atoms with Gasteiger partial charge in [0.05, 0.1) is 12.2 Å². The third-order valence-corrected chi connectivity index (χ3v) is 2.96. The number of aliphatic carboxylic acids is 2. The summed E-state index contributed by atoms with van der Waals surface area (Å²) in [6, 6.07) is 0. The number of aliphatic hydroxyl groups excluding tert-OH is 2. The molecule has 0 aliphatic heterocycles. The van der Waals surface area contributed by atoms with Crippen LogP contribution in [0, 0.1) is 0 Å². The van der Waals surface area contributed by atoms with Crippen LogP contribution in [0.15, 0.2) is 48.6 Å². The molecule has 0 fully saturated rings. The van der Waals surface area contributed by atoms with E-state index in [-0.39, 0.29) is 12.8 Å². The van der Waals surface area contributed by atoms with Crippen LogP contribution in [0.4, 0.5) is 0 Å². The lowest BCUT2D eigenvalue weighted by Gasteiger charge is -2.02. The summed E-state index contributed by atoms with van der Waals surface area (Å²) in [5.41, 5.74) is 0. The van der Waals surface area contributed by atoms with Crippen LogP contribution in [-0.4, -0.2) is 44.6 Å². The zero-order chi connectivity index (χ0) is 18.2. The fourth-order valence-electron chi connectivity index (χ4n) is 1.71. The zero-order valence-corrected chi connectivity index (χ0v) is 13.6. The van der Waals surface area contributed by atoms with Gasteiger partial charge in [-0.1, -0.05) is 48.6 Å². The van der Waals surface area contributed by atoms with Crippen molar-refractivity contribution >= 4 is 11.9 Å². The molecule has 0 heterocycles. The zero-order valence-electron chi connectivity index (χ0n) is 13.6. The lowest BCUT2D eigenvalue weighted by atomic mass is 10.1. The Morgan fingerprint density at radius 1 is 0.792 bits per heavy atom. The molecular weight excluding hydrogens is 312 g/mol. The molecule has 0 aliphatic carbocycles. The highest BCUT2D eigenvalue weighted by Crippen LogP contribution is 2.02. The van der Waals surface area contributed by atoms with Crippen molar-refractivity contribution in [2.75, 3.05) is 0 Å². The van der Waals surface area contributed by atoms with Gasteiger partial charge in [-0.15, -0.1) is 0 Å². The molecule has 0 rings (SSSR count). The maximum Gasteiger partial charge on any atom is 0.303 e. The molecule has 0 amide bonds. The molecule has 6 nitrogen and oxygen atoms in total. The first-order valence-electron chi connectivity index (χ1n) is 7.88. The second kappa shape index (κ2) is 14.4. The quantitative estimate of drug-likeness (QED) is 0.303. The summed E-state index contributed by atoms with van der Waals surface area (Å²) in [6.07, 6.45) is 13.9. The Hall–Kier alpha value is -2.18. The second-order valence-electron chi connectivity index (χ2n) is 5.21. The molecule has 0 aliphatic rings. The molecular formula is C18H26O6. The largest absolute Gasteiger partial charge is 0.481 e. The highest BCUT2D eigenvalue weighted by atomic mass is 16.4. The maximum absolute atomic E-state index is 10.3. The second-order valence-corrected chi connectivity index (χ2v) is 5.21. The molecule has 2 atom stereocenters. The van der Waals surface area contributed by atoms with E-state index in [4.69, 9.17) is 10.2 Å². The Bertz CT molecular complexity index is 476. The van der Waals surface area contributed by atoms with Crippen LogP contribution in [0.1, 0.15) is 38.5 Å². The van der Waals surface area contributed by atoms with E-state index in [0.717, 1.165) is 0 Å². The monoisotopic (exact) mass is 338 g/mol. The Morgan fingerprint density at radius 3 is 1.96 bits per heavy atom. The molecule has 0 aromatic carbocycles. The van der Waals surface area contributed by atoms with Crippen molar-refractivity contribution in [3.05, 3.63) is 48.6 Å². The first kappa shape index (κ1) is 21.8. The fourth-order valence-corrected chi connectivity index (χ4v) is 1.71. The van der Waals surface area contributed by atoms with Crippen molar-refractivity contribution < 1.29 is 30.0 Å². The third-order valence-electron chi connectivity index (χ3n) is 2.96. The van der Waals surface area contributed by atoms with Crippen LogP contribution >= 0.6 is 0 Å². The van der Waals surface area contributed by atoms with E-state index in [2.05, 4.69) is 0 Å². The Balaban J connectivity index is 3.87. The molecule has 4 N–H and O–H groups in total. The average molecular weight is 338 g/mol. The van der Waals surface area contributed by atoms with Gasteiger partial charge in [0.1, 0.15) is 0 Å². The average Bonchev–Trinajstić information content (AvgIpc) is 2.49. The molecule has 0 aromatic heterocycles. The van der Waals surface area contributed by atoms with Gasteiger partial charge < -0.3 is 20.4 Å². The summed E-state index contributed by atoms with van der Waals surface area (Å²) in [4.78, 5) is 20.6. The van der Waals surface area contributed by atoms with Crippen molar-refractivity contribution in [1.29, 1.82) is 0 Å². The van der Waals surface area contributed by atoms with Gasteiger partial charge in [-0.25, -0.2) is 0 Å². The molecule has 24 heavy (non-hydrogen) atoms. The molecule has 0 saturated carbocycles. The smallest absolute Gasteiger partial charge is 0.303 e. The van der Waals surface area contributed by atoms with Crippen LogP contribution < -0.4 is 0 Å². The third kappa shape index (κ3) is 16.2. The topological polar surface area (TPSA) is 115 Å². The molecule has 134 valence electrons. The SMILES string of the molecule is O=C(O)CCC=CC[C@@H](O)C=CC=CC=C[C@@H](O)CCCC(=O)O. The number of aliphatic hydroxyl groups is 2. The number of rotatable bonds is 13. The number of hydrogen-bond donors (Lipinski definition) is 4. The molecule has 0 radical (unpaired) electrons. The molecule has 0 spiro atoms. The number of carbonyl (C=O) groups is 2. The first-order chi connectivity index (χ1) is 11.4. The normalized spacial score (nSPS) is 14.9. The van der Waals surface area contributed by atoms with E-state index in [1.165, 1.54) is 0 Å². The maximum atomic E-state index is 10.3. The van der Waals surface area contributed by atoms with Crippen LogP contribution in [-0.2, 0) is 9.59 Å². The van der Waals surface area contributed by atoms with E-state index >= 15 is 0 Å². The van der Waals surface area contributed by atoms with Crippen molar-refractivity contribution in [2.24, 2.45) is 0 Å². The van der Waals surface area contributed by atoms with Gasteiger partial charge in [-0.2, -0.15) is 0 Å². The Labute approximate surface area is 142 Å². The van der Waals surface area contributed by atoms with Gasteiger partial charge in [-0.05, 0) is 25.7 Å². The van der Waals surface area contributed by atoms with Crippen LogP contribution in [0.5, 0.6) is 0 Å². The summed E-state index contributed by atoms with van der Waals surface area (Å²) in [6.45, 7) is 0. The molecule has 6 heteroatoms. The minimum absolute atomic E-state index is 0.0477. The Morgan fingerprint density at radius 2 is 1.38 bits per heavy atom. The van der Waals surface area contributed by atoms with E-state index in [1.54, 1.807) is 48.6 Å². The van der Waals surface area contributed by atoms with Crippen molar-refractivity contribution in [3.8, 4) is 0 Å². The standard InChI is InChI=1S/C18H26O6/c19-15(11-6-3-7-13-17(21)22)9-4-1-2-5-10-16(20)12-8-14-18(23)24/h1-6,9-10,15-16,19-20H,7-8,11-14H2,(H,21,22)(H,23,24)/t15-,16+/m0/s1. The Kier molecular flexibility index (Phi) is 13.1. The lowest BCUT2D eigenvalue weighted by molar-refractivity contribution is -0.138. The van der Waals surface area contributed by atoms with E-state index in [9.17, 15) is 19.8 Å². The lowest BCUT2D eigenvalue weighted by Crippen LogP contribution is -2.03. The van der Waals surface area contributed by atoms with Gasteiger partial charge >= 0.3 is 11.9 Å². The summed E-state index contributed by atoms with van der Waals surface area (Å²) in [5, 5.41) is 36.2. The summed E-state index contributed by atoms with van der Waals surface area (Å²) in [5.74, 6) is -1.71. The number of carboxylic acid groups (broad SMARTS) is 2. The van der Waals surface area contributed by atoms with Crippen molar-refractivity contribution in [1.82, 2.24) is 0 Å². The van der Waals surface area contributed by atoms with Gasteiger partial charge in [0, 0.05) is 12.8 Å². The van der Waals surface area contributed by atoms with E-state index in [0.29, 0.717) is 25.7 Å². The van der Waals surface area contributed by atoms with Crippen molar-refractivity contribution in [3.63, 3.8) is 0 Å². The van der Waals surface area contributed by atoms with Crippen LogP contribution in [0.2, 0.25) is 0 Å². The van der Waals surface area contributed by atoms with Gasteiger partial charge in [0.2, 0.25) is 0 Å². The predicted molar refractivity (Wildman–Crippen MR) is 91.5 cm³/mol. The number of allylic oxidation sites excluding steroid dienone is 5. The minimum atomic E-state index is -0.869. The summed E-state index contributed by atoms with van der Waals surface area (Å²) >= 11 is 0. The molecule has 0 aromatic rings. The highest BCUT2D eigenvalue weighted by Gasteiger charge is 2.01. The number of hydrogen-bond acceptors (Lipinski definition) is 4. The van der Waals surface area contributed by atoms with E-state index in [1.807, 2.05) is 0 Å². The van der Waals surface area contributed by atoms with Crippen LogP contribution in [0.25, 0.3) is 0 Å². The molecule has 0 unspecified atom stereocenters. The minimum Gasteiger partial charge on any atom is -0.481 e. The number of carboxylic acids is 2. The summed E-state index contributed by atoms with van der Waals surface area (Å²) < 4.78 is 0. The van der Waals surface area contributed by atoms with Crippen molar-refractivity contribution in [2.45, 2.75) is 50.7 Å². The van der Waals surface area contributed by atoms with Gasteiger partial charge in [0.25, 0.3) is 0 Å². The summed E-state index contributed by atoms with van der Waals surface area (Å²) in [7, 11) is 0. The van der Waals surface area contributed by atoms with Gasteiger partial charge in [0.15, 0.2) is 0 Å². The highest BCUT2D eigenvalue weighted by molar-refractivity contribution is 5.67. The fraction of sp³-hybridized carbons (Fsp3) is 0.444. The van der Waals surface area contributed by atoms with Gasteiger partial charge in [-0.3, -0.25) is 9.59 Å². The predicted octanol–water partition coefficient (Wildman–Crippen LogP) is 2.44. The first-order valence-corrected chi connectivity index (χ1v) is 7.88.